The van der Waals surface area contributed by atoms with Gasteiger partial charge < -0.3 is 0 Å². The maximum absolute atomic E-state index is 0. The third kappa shape index (κ3) is 8.88. The molecule has 0 aliphatic heterocycles. The van der Waals surface area contributed by atoms with Gasteiger partial charge >= 0.3 is 0 Å². The van der Waals surface area contributed by atoms with Crippen LogP contribution in [0.25, 0.3) is 0 Å². The molecule has 10 radical (unpaired) electrons. The summed E-state index contributed by atoms with van der Waals surface area (Å²) < 4.78 is 0. The second-order valence-corrected chi connectivity index (χ2v) is 0. The van der Waals surface area contributed by atoms with Crippen molar-refractivity contribution >= 4 is 73.3 Å². The molecule has 24 valence electrons. The van der Waals surface area contributed by atoms with E-state index in [-0.39, 0.29) is 90.1 Å². The van der Waals surface area contributed by atoms with Gasteiger partial charge in [-0.2, -0.15) is 0 Å². The van der Waals surface area contributed by atoms with E-state index in [0.717, 1.165) is 0 Å². The van der Waals surface area contributed by atoms with E-state index in [1.165, 1.54) is 0 Å². The van der Waals surface area contributed by atoms with Crippen LogP contribution in [0.15, 0.2) is 0 Å². The van der Waals surface area contributed by atoms with E-state index in [4.69, 9.17) is 0 Å². The van der Waals surface area contributed by atoms with Gasteiger partial charge in [-0.3, -0.25) is 0 Å². The van der Waals surface area contributed by atoms with Gasteiger partial charge in [-0.25, -0.2) is 0 Å². The number of hydrogen-bond donors (Lipinski definition) is 0. The summed E-state index contributed by atoms with van der Waals surface area (Å²) in [6.07, 6.45) is 0. The minimum atomic E-state index is 0. The predicted molar refractivity (Wildman–Crippen MR) is 17.3 cm³/mol. The summed E-state index contributed by atoms with van der Waals surface area (Å²) in [6, 6.07) is 0. The molecule has 0 saturated heterocycles. The molecule has 0 aromatic carbocycles. The Labute approximate surface area is 88.4 Å². The summed E-state index contributed by atoms with van der Waals surface area (Å²) in [4.78, 5) is 0. The fourth-order valence-electron chi connectivity index (χ4n) is 0. The zero-order valence-electron chi connectivity index (χ0n) is 1.67. The van der Waals surface area contributed by atoms with E-state index in [2.05, 4.69) is 0 Å². The molecule has 4 heavy (non-hydrogen) atoms. The van der Waals surface area contributed by atoms with Gasteiger partial charge in [0, 0.05) is 90.1 Å². The van der Waals surface area contributed by atoms with Crippen LogP contribution < -0.4 is 0 Å². The third-order valence-corrected chi connectivity index (χ3v) is 0. The van der Waals surface area contributed by atoms with Gasteiger partial charge in [0.1, 0.15) is 0 Å². The average molecular weight is 424 g/mol. The molecule has 0 nitrogen and oxygen atoms in total. The first-order valence-electron chi connectivity index (χ1n) is 0. The zero-order valence-corrected chi connectivity index (χ0v) is 10.4. The topological polar surface area (TPSA) is 0 Å². The number of rotatable bonds is 0. The second kappa shape index (κ2) is 16.7. The van der Waals surface area contributed by atoms with E-state index < -0.39 is 0 Å². The van der Waals surface area contributed by atoms with E-state index in [9.17, 15) is 0 Å². The SMILES string of the molecule is [Co].[Sb].[Sb].[Sb]. The summed E-state index contributed by atoms with van der Waals surface area (Å²) in [7, 11) is 0. The minimum absolute atomic E-state index is 0. The Morgan fingerprint density at radius 2 is 0.500 bits per heavy atom. The van der Waals surface area contributed by atoms with Crippen molar-refractivity contribution in [1.82, 2.24) is 0 Å². The molecule has 0 aromatic rings. The van der Waals surface area contributed by atoms with Gasteiger partial charge in [-0.15, -0.1) is 0 Å². The molecule has 0 aliphatic carbocycles. The summed E-state index contributed by atoms with van der Waals surface area (Å²) >= 11 is 0. The van der Waals surface area contributed by atoms with Crippen molar-refractivity contribution in [1.29, 1.82) is 0 Å². The van der Waals surface area contributed by atoms with Gasteiger partial charge in [0.15, 0.2) is 0 Å². The second-order valence-electron chi connectivity index (χ2n) is 0. The van der Waals surface area contributed by atoms with Crippen molar-refractivity contribution in [2.75, 3.05) is 0 Å². The van der Waals surface area contributed by atoms with Crippen LogP contribution in [0.1, 0.15) is 0 Å². The Kier molecular flexibility index (Phi) is 118. The maximum Gasteiger partial charge on any atom is 0 e. The molecule has 0 amide bonds. The van der Waals surface area contributed by atoms with E-state index in [0.29, 0.717) is 0 Å². The Balaban J connectivity index is 0. The maximum atomic E-state index is 0. The van der Waals surface area contributed by atoms with Crippen molar-refractivity contribution in [3.63, 3.8) is 0 Å². The van der Waals surface area contributed by atoms with Crippen molar-refractivity contribution in [2.45, 2.75) is 0 Å². The molecule has 0 rings (SSSR count). The quantitative estimate of drug-likeness (QED) is 0.432. The monoisotopic (exact) mass is 422 g/mol. The summed E-state index contributed by atoms with van der Waals surface area (Å²) in [6.45, 7) is 0. The third-order valence-electron chi connectivity index (χ3n) is 0. The van der Waals surface area contributed by atoms with E-state index in [1.54, 1.807) is 0 Å². The fourth-order valence-corrected chi connectivity index (χ4v) is 0. The molecule has 0 bridgehead atoms. The molecule has 0 saturated carbocycles. The predicted octanol–water partition coefficient (Wildman–Crippen LogP) is -1.14. The van der Waals surface area contributed by atoms with Crippen molar-refractivity contribution < 1.29 is 16.8 Å². The summed E-state index contributed by atoms with van der Waals surface area (Å²) in [5.41, 5.74) is 0. The smallest absolute Gasteiger partial charge is 0 e. The van der Waals surface area contributed by atoms with E-state index >= 15 is 0 Å². The van der Waals surface area contributed by atoms with Crippen LogP contribution in [0.4, 0.5) is 0 Å². The van der Waals surface area contributed by atoms with Gasteiger partial charge in [0.2, 0.25) is 0 Å². The van der Waals surface area contributed by atoms with Crippen LogP contribution in [0.3, 0.4) is 0 Å². The first-order valence-corrected chi connectivity index (χ1v) is 0. The number of hydrogen-bond acceptors (Lipinski definition) is 0. The molecule has 4 heteroatoms. The Bertz CT molecular complexity index is 3.25. The Morgan fingerprint density at radius 3 is 0.500 bits per heavy atom. The van der Waals surface area contributed by atoms with Crippen molar-refractivity contribution in [3.8, 4) is 0 Å². The Hall–Kier alpha value is 2.96. The fraction of sp³-hybridized carbons (Fsp3) is 0. The standard InChI is InChI=1S/Co.3Sb. The van der Waals surface area contributed by atoms with Gasteiger partial charge in [-0.1, -0.05) is 0 Å². The van der Waals surface area contributed by atoms with Gasteiger partial charge in [0.05, 0.1) is 0 Å². The summed E-state index contributed by atoms with van der Waals surface area (Å²) in [5, 5.41) is 0. The van der Waals surface area contributed by atoms with E-state index in [1.807, 2.05) is 0 Å². The minimum Gasteiger partial charge on any atom is 0 e. The van der Waals surface area contributed by atoms with Crippen LogP contribution in [0.2, 0.25) is 0 Å². The molecular formula is CoSb3. The first kappa shape index (κ1) is 28.2. The van der Waals surface area contributed by atoms with Gasteiger partial charge in [-0.05, 0) is 0 Å². The molecular weight excluding hydrogens is 424 g/mol. The molecule has 0 aromatic heterocycles. The molecule has 0 heterocycles. The average Bonchev–Trinajstić information content (AvgIpc) is 0. The first-order chi connectivity index (χ1) is 0. The van der Waals surface area contributed by atoms with Crippen molar-refractivity contribution in [3.05, 3.63) is 0 Å². The van der Waals surface area contributed by atoms with Crippen LogP contribution in [0, 0.1) is 0 Å². The normalized spacial score (nSPS) is 0. The molecule has 0 N–H and O–H groups in total. The largest absolute Gasteiger partial charge is 0 e. The van der Waals surface area contributed by atoms with Crippen LogP contribution in [0.5, 0.6) is 0 Å². The molecule has 0 fully saturated rings. The van der Waals surface area contributed by atoms with Gasteiger partial charge in [0.25, 0.3) is 0 Å². The molecule has 0 spiro atoms. The molecule has 0 aliphatic rings. The molecule has 0 atom stereocenters. The summed E-state index contributed by atoms with van der Waals surface area (Å²) in [5.74, 6) is 0. The van der Waals surface area contributed by atoms with Crippen LogP contribution in [-0.2, 0) is 16.8 Å². The Morgan fingerprint density at radius 1 is 0.500 bits per heavy atom. The van der Waals surface area contributed by atoms with Crippen LogP contribution >= 0.6 is 0 Å². The zero-order chi connectivity index (χ0) is 0. The van der Waals surface area contributed by atoms with Crippen molar-refractivity contribution in [2.24, 2.45) is 0 Å². The van der Waals surface area contributed by atoms with Crippen LogP contribution in [-0.4, -0.2) is 73.3 Å². The molecule has 0 unspecified atom stereocenters.